The van der Waals surface area contributed by atoms with Gasteiger partial charge in [0, 0.05) is 7.11 Å². The highest BCUT2D eigenvalue weighted by molar-refractivity contribution is 6.24. The second-order valence-corrected chi connectivity index (χ2v) is 6.35. The van der Waals surface area contributed by atoms with Crippen LogP contribution < -0.4 is 5.32 Å². The summed E-state index contributed by atoms with van der Waals surface area (Å²) < 4.78 is 10.6. The van der Waals surface area contributed by atoms with Crippen molar-refractivity contribution >= 4 is 28.3 Å². The van der Waals surface area contributed by atoms with Gasteiger partial charge in [0.2, 0.25) is 0 Å². The van der Waals surface area contributed by atoms with Crippen LogP contribution in [0.25, 0.3) is 10.8 Å². The molecule has 3 rings (SSSR count). The van der Waals surface area contributed by atoms with E-state index in [1.165, 1.54) is 14.2 Å². The van der Waals surface area contributed by atoms with E-state index in [1.807, 2.05) is 24.3 Å². The van der Waals surface area contributed by atoms with Gasteiger partial charge in [-0.15, -0.1) is 0 Å². The van der Waals surface area contributed by atoms with Gasteiger partial charge in [0.25, 0.3) is 5.91 Å². The zero-order valence-electron chi connectivity index (χ0n) is 13.9. The molecule has 1 aliphatic carbocycles. The predicted molar refractivity (Wildman–Crippen MR) is 96.5 cm³/mol. The summed E-state index contributed by atoms with van der Waals surface area (Å²) in [7, 11) is 3.00. The average molecular weight is 360 g/mol. The van der Waals surface area contributed by atoms with Crippen molar-refractivity contribution < 1.29 is 19.4 Å². The van der Waals surface area contributed by atoms with Crippen LogP contribution in [-0.4, -0.2) is 30.3 Å². The van der Waals surface area contributed by atoms with Gasteiger partial charge in [-0.2, -0.15) is 0 Å². The number of benzene rings is 2. The minimum atomic E-state index is -0.995. The molecule has 0 heterocycles. The number of hydrogen-bond donors (Lipinski definition) is 2. The van der Waals surface area contributed by atoms with Crippen LogP contribution in [0.4, 0.5) is 0 Å². The Morgan fingerprint density at radius 2 is 1.92 bits per heavy atom. The summed E-state index contributed by atoms with van der Waals surface area (Å²) in [4.78, 5) is 12.6. The summed E-state index contributed by atoms with van der Waals surface area (Å²) in [6, 6.07) is 10.7. The van der Waals surface area contributed by atoms with Crippen molar-refractivity contribution in [3.63, 3.8) is 0 Å². The molecule has 25 heavy (non-hydrogen) atoms. The lowest BCUT2D eigenvalue weighted by atomic mass is 10.0. The van der Waals surface area contributed by atoms with E-state index < -0.39 is 11.0 Å². The molecule has 0 spiro atoms. The first-order valence-corrected chi connectivity index (χ1v) is 8.07. The van der Waals surface area contributed by atoms with Gasteiger partial charge in [0.15, 0.2) is 5.06 Å². The number of rotatable bonds is 4. The monoisotopic (exact) mass is 359 g/mol. The molecule has 0 bridgehead atoms. The molecule has 0 saturated heterocycles. The maximum atomic E-state index is 12.6. The Bertz CT molecular complexity index is 890. The van der Waals surface area contributed by atoms with Crippen LogP contribution >= 0.6 is 11.6 Å². The number of nitrogens with one attached hydrogen (secondary N) is 1. The van der Waals surface area contributed by atoms with E-state index in [0.29, 0.717) is 11.5 Å². The predicted octanol–water partition coefficient (Wildman–Crippen LogP) is 3.67. The van der Waals surface area contributed by atoms with Gasteiger partial charge in [-0.25, -0.2) is 0 Å². The minimum absolute atomic E-state index is 0.0841. The Morgan fingerprint density at radius 1 is 1.24 bits per heavy atom. The number of amides is 1. The first-order valence-electron chi connectivity index (χ1n) is 7.69. The number of hydrogen-bond acceptors (Lipinski definition) is 4. The second-order valence-electron chi connectivity index (χ2n) is 5.71. The first kappa shape index (κ1) is 17.3. The number of aromatic hydroxyl groups is 1. The van der Waals surface area contributed by atoms with Crippen LogP contribution in [0.3, 0.4) is 0 Å². The van der Waals surface area contributed by atoms with Crippen LogP contribution in [0.5, 0.6) is 5.75 Å². The number of carbonyl (C=O) groups excluding carboxylic acids is 1. The van der Waals surface area contributed by atoms with Gasteiger partial charge >= 0.3 is 0 Å². The molecule has 0 saturated carbocycles. The van der Waals surface area contributed by atoms with Crippen LogP contribution in [0, 0.1) is 0 Å². The van der Waals surface area contributed by atoms with E-state index in [2.05, 4.69) is 5.32 Å². The van der Waals surface area contributed by atoms with Gasteiger partial charge in [0.1, 0.15) is 11.5 Å². The molecular weight excluding hydrogens is 342 g/mol. The van der Waals surface area contributed by atoms with E-state index >= 15 is 0 Å². The van der Waals surface area contributed by atoms with Gasteiger partial charge in [0.05, 0.1) is 24.8 Å². The standard InChI is InChI=1S/C19H18ClNO4/c1-24-17-11-19(20,25-2)8-7-15(17)21-18(23)14-9-12-5-3-4-6-13(12)10-16(14)22/h3-10,22H,11H2,1-2H3,(H,21,23). The Kier molecular flexibility index (Phi) is 4.70. The van der Waals surface area contributed by atoms with Crippen molar-refractivity contribution in [3.05, 3.63) is 65.6 Å². The smallest absolute Gasteiger partial charge is 0.259 e. The zero-order valence-corrected chi connectivity index (χ0v) is 14.6. The Morgan fingerprint density at radius 3 is 2.56 bits per heavy atom. The lowest BCUT2D eigenvalue weighted by Gasteiger charge is -2.27. The first-order chi connectivity index (χ1) is 12.0. The number of ether oxygens (including phenoxy) is 2. The number of methoxy groups -OCH3 is 2. The van der Waals surface area contributed by atoms with Crippen molar-refractivity contribution in [2.45, 2.75) is 11.5 Å². The minimum Gasteiger partial charge on any atom is -0.507 e. The number of carbonyl (C=O) groups is 1. The lowest BCUT2D eigenvalue weighted by Crippen LogP contribution is -2.30. The highest BCUT2D eigenvalue weighted by Crippen LogP contribution is 2.33. The number of fused-ring (bicyclic) bond motifs is 1. The summed E-state index contributed by atoms with van der Waals surface area (Å²) in [6.07, 6.45) is 3.55. The fourth-order valence-corrected chi connectivity index (χ4v) is 2.89. The lowest BCUT2D eigenvalue weighted by molar-refractivity contribution is 0.0843. The van der Waals surface area contributed by atoms with E-state index in [4.69, 9.17) is 21.1 Å². The summed E-state index contributed by atoms with van der Waals surface area (Å²) in [5.41, 5.74) is 0.665. The van der Waals surface area contributed by atoms with Crippen LogP contribution in [0.2, 0.25) is 0 Å². The molecule has 130 valence electrons. The third-order valence-corrected chi connectivity index (χ3v) is 4.56. The summed E-state index contributed by atoms with van der Waals surface area (Å²) in [5.74, 6) is -0.0240. The molecule has 0 aliphatic heterocycles. The number of phenols is 1. The summed E-state index contributed by atoms with van der Waals surface area (Å²) in [6.45, 7) is 0. The fraction of sp³-hybridized carbons (Fsp3) is 0.211. The molecule has 5 nitrogen and oxygen atoms in total. The van der Waals surface area contributed by atoms with Crippen molar-refractivity contribution in [1.29, 1.82) is 0 Å². The molecular formula is C19H18ClNO4. The molecule has 0 aromatic heterocycles. The Hall–Kier alpha value is -2.50. The van der Waals surface area contributed by atoms with Crippen molar-refractivity contribution in [2.75, 3.05) is 14.2 Å². The van der Waals surface area contributed by atoms with Gasteiger partial charge in [-0.3, -0.25) is 4.79 Å². The third-order valence-electron chi connectivity index (χ3n) is 4.14. The van der Waals surface area contributed by atoms with Crippen molar-refractivity contribution in [2.24, 2.45) is 0 Å². The van der Waals surface area contributed by atoms with Gasteiger partial charge in [-0.05, 0) is 35.1 Å². The summed E-state index contributed by atoms with van der Waals surface area (Å²) in [5, 5.41) is 13.7. The number of allylic oxidation sites excluding steroid dienone is 1. The number of halogens is 1. The highest BCUT2D eigenvalue weighted by Gasteiger charge is 2.31. The van der Waals surface area contributed by atoms with Crippen molar-refractivity contribution in [1.82, 2.24) is 5.32 Å². The Balaban J connectivity index is 1.90. The van der Waals surface area contributed by atoms with Crippen molar-refractivity contribution in [3.8, 4) is 5.75 Å². The van der Waals surface area contributed by atoms with E-state index in [1.54, 1.807) is 24.3 Å². The van der Waals surface area contributed by atoms with E-state index in [9.17, 15) is 9.90 Å². The second kappa shape index (κ2) is 6.78. The molecule has 0 radical (unpaired) electrons. The van der Waals surface area contributed by atoms with Gasteiger partial charge in [-0.1, -0.05) is 35.9 Å². The van der Waals surface area contributed by atoms with Gasteiger partial charge < -0.3 is 19.9 Å². The summed E-state index contributed by atoms with van der Waals surface area (Å²) >= 11 is 6.27. The zero-order chi connectivity index (χ0) is 18.0. The molecule has 6 heteroatoms. The fourth-order valence-electron chi connectivity index (χ4n) is 2.71. The molecule has 2 aromatic carbocycles. The topological polar surface area (TPSA) is 67.8 Å². The SMILES string of the molecule is COC1=C(NC(=O)c2cc3ccccc3cc2O)C=CC(Cl)(OC)C1. The quantitative estimate of drug-likeness (QED) is 0.817. The molecule has 1 aliphatic rings. The molecule has 2 N–H and O–H groups in total. The molecule has 1 atom stereocenters. The van der Waals surface area contributed by atoms with E-state index in [0.717, 1.165) is 10.8 Å². The van der Waals surface area contributed by atoms with Crippen LogP contribution in [-0.2, 0) is 9.47 Å². The number of phenolic OH excluding ortho intramolecular Hbond substituents is 1. The third kappa shape index (κ3) is 3.48. The molecule has 1 unspecified atom stereocenters. The number of alkyl halides is 1. The van der Waals surface area contributed by atoms with Crippen LogP contribution in [0.1, 0.15) is 16.8 Å². The molecule has 1 amide bonds. The molecule has 0 fully saturated rings. The average Bonchev–Trinajstić information content (AvgIpc) is 2.62. The molecule has 2 aromatic rings. The van der Waals surface area contributed by atoms with E-state index in [-0.39, 0.29) is 17.7 Å². The largest absolute Gasteiger partial charge is 0.507 e. The highest BCUT2D eigenvalue weighted by atomic mass is 35.5. The van der Waals surface area contributed by atoms with Crippen LogP contribution in [0.15, 0.2) is 60.0 Å². The Labute approximate surface area is 150 Å². The maximum absolute atomic E-state index is 12.6. The maximum Gasteiger partial charge on any atom is 0.259 e. The normalized spacial score (nSPS) is 20.0.